The summed E-state index contributed by atoms with van der Waals surface area (Å²) in [6.45, 7) is 0.850. The van der Waals surface area contributed by atoms with Gasteiger partial charge in [-0.1, -0.05) is 12.1 Å². The van der Waals surface area contributed by atoms with Crippen molar-refractivity contribution in [2.24, 2.45) is 5.92 Å². The molecule has 1 aliphatic heterocycles. The molecule has 0 spiro atoms. The Hall–Kier alpha value is -1.49. The smallest absolute Gasteiger partial charge is 0.308 e. The minimum Gasteiger partial charge on any atom is -0.481 e. The Kier molecular flexibility index (Phi) is 4.47. The molecular weight excluding hydrogens is 262 g/mol. The van der Waals surface area contributed by atoms with E-state index in [9.17, 15) is 9.59 Å². The van der Waals surface area contributed by atoms with Gasteiger partial charge in [0.15, 0.2) is 0 Å². The molecule has 5 heteroatoms. The molecule has 1 heterocycles. The standard InChI is InChI=1S/C14H17NO3S/c1-19-9-10-2-4-11(5-3-10)13(16)15-7-6-12(8-15)14(17)18/h2-5,12H,6-9H2,1H3,(H,17,18)/t12-/m0/s1. The Balaban J connectivity index is 2.02. The van der Waals surface area contributed by atoms with Crippen LogP contribution in [0.1, 0.15) is 22.3 Å². The van der Waals surface area contributed by atoms with Crippen molar-refractivity contribution in [1.29, 1.82) is 0 Å². The lowest BCUT2D eigenvalue weighted by Crippen LogP contribution is -2.29. The fraction of sp³-hybridized carbons (Fsp3) is 0.429. The highest BCUT2D eigenvalue weighted by atomic mass is 32.2. The van der Waals surface area contributed by atoms with Crippen LogP contribution in [0, 0.1) is 5.92 Å². The highest BCUT2D eigenvalue weighted by molar-refractivity contribution is 7.97. The molecule has 1 N–H and O–H groups in total. The zero-order valence-corrected chi connectivity index (χ0v) is 11.7. The summed E-state index contributed by atoms with van der Waals surface area (Å²) < 4.78 is 0. The minimum absolute atomic E-state index is 0.0700. The fourth-order valence-electron chi connectivity index (χ4n) is 2.24. The molecule has 1 saturated heterocycles. The maximum absolute atomic E-state index is 12.2. The molecular formula is C14H17NO3S. The van der Waals surface area contributed by atoms with Gasteiger partial charge in [-0.2, -0.15) is 11.8 Å². The number of hydrogen-bond acceptors (Lipinski definition) is 3. The number of likely N-dealkylation sites (tertiary alicyclic amines) is 1. The van der Waals surface area contributed by atoms with Gasteiger partial charge in [0.05, 0.1) is 5.92 Å². The summed E-state index contributed by atoms with van der Waals surface area (Å²) in [5.41, 5.74) is 1.82. The molecule has 0 radical (unpaired) electrons. The van der Waals surface area contributed by atoms with Gasteiger partial charge < -0.3 is 10.0 Å². The van der Waals surface area contributed by atoms with Gasteiger partial charge in [-0.3, -0.25) is 9.59 Å². The Morgan fingerprint density at radius 1 is 1.37 bits per heavy atom. The number of carboxylic acids is 1. The lowest BCUT2D eigenvalue weighted by Gasteiger charge is -2.16. The topological polar surface area (TPSA) is 57.6 Å². The van der Waals surface area contributed by atoms with Crippen LogP contribution in [-0.2, 0) is 10.5 Å². The number of benzene rings is 1. The van der Waals surface area contributed by atoms with E-state index in [2.05, 4.69) is 0 Å². The number of carbonyl (C=O) groups is 2. The van der Waals surface area contributed by atoms with Gasteiger partial charge in [-0.25, -0.2) is 0 Å². The van der Waals surface area contributed by atoms with E-state index in [1.54, 1.807) is 16.7 Å². The zero-order valence-electron chi connectivity index (χ0n) is 10.8. The average molecular weight is 279 g/mol. The first-order valence-corrected chi connectivity index (χ1v) is 7.61. The normalized spacial score (nSPS) is 18.6. The van der Waals surface area contributed by atoms with Crippen LogP contribution in [0.5, 0.6) is 0 Å². The van der Waals surface area contributed by atoms with Crippen molar-refractivity contribution >= 4 is 23.6 Å². The molecule has 4 nitrogen and oxygen atoms in total. The van der Waals surface area contributed by atoms with Crippen molar-refractivity contribution in [3.8, 4) is 0 Å². The van der Waals surface area contributed by atoms with E-state index >= 15 is 0 Å². The van der Waals surface area contributed by atoms with Gasteiger partial charge in [-0.05, 0) is 30.4 Å². The van der Waals surface area contributed by atoms with Crippen molar-refractivity contribution in [3.63, 3.8) is 0 Å². The number of aliphatic carboxylic acids is 1. The summed E-state index contributed by atoms with van der Waals surface area (Å²) in [5.74, 6) is -0.371. The average Bonchev–Trinajstić information content (AvgIpc) is 2.89. The summed E-state index contributed by atoms with van der Waals surface area (Å²) in [6, 6.07) is 7.55. The Bertz CT molecular complexity index is 472. The summed E-state index contributed by atoms with van der Waals surface area (Å²) in [4.78, 5) is 24.7. The van der Waals surface area contributed by atoms with Gasteiger partial charge in [-0.15, -0.1) is 0 Å². The lowest BCUT2D eigenvalue weighted by atomic mass is 10.1. The first-order valence-electron chi connectivity index (χ1n) is 6.21. The second kappa shape index (κ2) is 6.10. The largest absolute Gasteiger partial charge is 0.481 e. The predicted molar refractivity (Wildman–Crippen MR) is 75.3 cm³/mol. The third-order valence-corrected chi connectivity index (χ3v) is 3.96. The molecule has 1 fully saturated rings. The highest BCUT2D eigenvalue weighted by Crippen LogP contribution is 2.19. The van der Waals surface area contributed by atoms with Crippen LogP contribution in [-0.4, -0.2) is 41.2 Å². The van der Waals surface area contributed by atoms with Gasteiger partial charge in [0.2, 0.25) is 0 Å². The van der Waals surface area contributed by atoms with Gasteiger partial charge in [0.1, 0.15) is 0 Å². The number of amides is 1. The van der Waals surface area contributed by atoms with Crippen LogP contribution in [0.15, 0.2) is 24.3 Å². The second-order valence-electron chi connectivity index (χ2n) is 4.70. The maximum Gasteiger partial charge on any atom is 0.308 e. The first-order chi connectivity index (χ1) is 9.11. The second-order valence-corrected chi connectivity index (χ2v) is 5.57. The highest BCUT2D eigenvalue weighted by Gasteiger charge is 2.31. The Morgan fingerprint density at radius 2 is 2.05 bits per heavy atom. The molecule has 102 valence electrons. The van der Waals surface area contributed by atoms with Gasteiger partial charge in [0.25, 0.3) is 5.91 Å². The number of thioether (sulfide) groups is 1. The number of nitrogens with zero attached hydrogens (tertiary/aromatic N) is 1. The lowest BCUT2D eigenvalue weighted by molar-refractivity contribution is -0.141. The van der Waals surface area contributed by atoms with E-state index in [1.807, 2.05) is 30.5 Å². The molecule has 0 bridgehead atoms. The quantitative estimate of drug-likeness (QED) is 0.917. The fourth-order valence-corrected chi connectivity index (χ4v) is 2.76. The summed E-state index contributed by atoms with van der Waals surface area (Å²) in [6.07, 6.45) is 2.58. The van der Waals surface area contributed by atoms with Crippen molar-refractivity contribution < 1.29 is 14.7 Å². The molecule has 1 aromatic rings. The summed E-state index contributed by atoms with van der Waals surface area (Å²) >= 11 is 1.74. The van der Waals surface area contributed by atoms with Crippen LogP contribution >= 0.6 is 11.8 Å². The zero-order chi connectivity index (χ0) is 13.8. The van der Waals surface area contributed by atoms with E-state index in [1.165, 1.54) is 5.56 Å². The van der Waals surface area contributed by atoms with Crippen LogP contribution < -0.4 is 0 Å². The number of rotatable bonds is 4. The SMILES string of the molecule is CSCc1ccc(C(=O)N2CC[C@H](C(=O)O)C2)cc1. The van der Waals surface area contributed by atoms with E-state index in [-0.39, 0.29) is 5.91 Å². The Labute approximate surface area is 116 Å². The molecule has 19 heavy (non-hydrogen) atoms. The van der Waals surface area contributed by atoms with E-state index < -0.39 is 11.9 Å². The summed E-state index contributed by atoms with van der Waals surface area (Å²) in [7, 11) is 0. The molecule has 1 atom stereocenters. The van der Waals surface area contributed by atoms with Crippen molar-refractivity contribution in [3.05, 3.63) is 35.4 Å². The maximum atomic E-state index is 12.2. The first kappa shape index (κ1) is 13.9. The van der Waals surface area contributed by atoms with Gasteiger partial charge in [0, 0.05) is 24.4 Å². The molecule has 0 aliphatic carbocycles. The van der Waals surface area contributed by atoms with Crippen LogP contribution in [0.25, 0.3) is 0 Å². The summed E-state index contributed by atoms with van der Waals surface area (Å²) in [5, 5.41) is 8.94. The van der Waals surface area contributed by atoms with E-state index in [4.69, 9.17) is 5.11 Å². The van der Waals surface area contributed by atoms with Gasteiger partial charge >= 0.3 is 5.97 Å². The number of carboxylic acid groups (broad SMARTS) is 1. The van der Waals surface area contributed by atoms with Crippen molar-refractivity contribution in [2.75, 3.05) is 19.3 Å². The predicted octanol–water partition coefficient (Wildman–Crippen LogP) is 2.10. The Morgan fingerprint density at radius 3 is 2.58 bits per heavy atom. The third-order valence-electron chi connectivity index (χ3n) is 3.34. The number of hydrogen-bond donors (Lipinski definition) is 1. The number of carbonyl (C=O) groups excluding carboxylic acids is 1. The molecule has 1 aromatic carbocycles. The van der Waals surface area contributed by atoms with Crippen LogP contribution in [0.4, 0.5) is 0 Å². The molecule has 0 unspecified atom stereocenters. The molecule has 0 aromatic heterocycles. The van der Waals surface area contributed by atoms with Crippen LogP contribution in [0.2, 0.25) is 0 Å². The third kappa shape index (κ3) is 3.29. The molecule has 1 aliphatic rings. The van der Waals surface area contributed by atoms with Crippen LogP contribution in [0.3, 0.4) is 0 Å². The van der Waals surface area contributed by atoms with E-state index in [0.29, 0.717) is 25.1 Å². The molecule has 0 saturated carbocycles. The van der Waals surface area contributed by atoms with Crippen molar-refractivity contribution in [1.82, 2.24) is 4.90 Å². The van der Waals surface area contributed by atoms with E-state index in [0.717, 1.165) is 5.75 Å². The monoisotopic (exact) mass is 279 g/mol. The molecule has 1 amide bonds. The molecule has 2 rings (SSSR count). The minimum atomic E-state index is -0.814. The van der Waals surface area contributed by atoms with Crippen molar-refractivity contribution in [2.45, 2.75) is 12.2 Å².